The Labute approximate surface area is 103 Å². The number of aromatic nitrogens is 2. The molecule has 5 nitrogen and oxygen atoms in total. The van der Waals surface area contributed by atoms with Gasteiger partial charge in [0.2, 0.25) is 11.9 Å². The summed E-state index contributed by atoms with van der Waals surface area (Å²) in [6.07, 6.45) is 3.27. The number of carbonyl (C=O) groups excluding carboxylic acids is 1. The zero-order chi connectivity index (χ0) is 12.0. The summed E-state index contributed by atoms with van der Waals surface area (Å²) in [6.45, 7) is 5.58. The van der Waals surface area contributed by atoms with Crippen LogP contribution in [0.2, 0.25) is 0 Å². The molecule has 0 aliphatic carbocycles. The summed E-state index contributed by atoms with van der Waals surface area (Å²) in [5, 5.41) is 2.89. The smallest absolute Gasteiger partial charge is 0.241 e. The Morgan fingerprint density at radius 3 is 2.44 bits per heavy atom. The van der Waals surface area contributed by atoms with Crippen molar-refractivity contribution in [1.82, 2.24) is 14.9 Å². The van der Waals surface area contributed by atoms with Gasteiger partial charge < -0.3 is 10.2 Å². The molecule has 1 amide bonds. The van der Waals surface area contributed by atoms with Crippen LogP contribution in [0.25, 0.3) is 0 Å². The van der Waals surface area contributed by atoms with E-state index in [2.05, 4.69) is 31.2 Å². The van der Waals surface area contributed by atoms with Crippen LogP contribution in [0, 0.1) is 0 Å². The fraction of sp³-hybridized carbons (Fsp3) is 0.500. The molecule has 0 spiro atoms. The average Bonchev–Trinajstić information content (AvgIpc) is 2.30. The molecule has 0 unspecified atom stereocenters. The summed E-state index contributed by atoms with van der Waals surface area (Å²) < 4.78 is 0.813. The Balaban J connectivity index is 2.45. The van der Waals surface area contributed by atoms with Crippen LogP contribution in [-0.2, 0) is 4.79 Å². The summed E-state index contributed by atoms with van der Waals surface area (Å²) >= 11 is 3.24. The quantitative estimate of drug-likeness (QED) is 0.892. The van der Waals surface area contributed by atoms with Crippen molar-refractivity contribution in [3.8, 4) is 0 Å². The number of nitrogens with zero attached hydrogens (tertiary/aromatic N) is 3. The van der Waals surface area contributed by atoms with Crippen molar-refractivity contribution < 1.29 is 4.79 Å². The predicted molar refractivity (Wildman–Crippen MR) is 66.1 cm³/mol. The summed E-state index contributed by atoms with van der Waals surface area (Å²) in [6, 6.07) is 0. The maximum atomic E-state index is 11.6. The minimum Gasteiger partial charge on any atom is -0.345 e. The first-order valence-corrected chi connectivity index (χ1v) is 5.95. The van der Waals surface area contributed by atoms with E-state index < -0.39 is 0 Å². The molecule has 0 aliphatic heterocycles. The van der Waals surface area contributed by atoms with Crippen molar-refractivity contribution in [3.05, 3.63) is 16.9 Å². The first-order valence-electron chi connectivity index (χ1n) is 5.16. The fourth-order valence-electron chi connectivity index (χ4n) is 1.25. The molecule has 88 valence electrons. The molecular weight excluding hydrogens is 272 g/mol. The number of likely N-dealkylation sites (N-methyl/N-ethyl adjacent to an activating group) is 1. The zero-order valence-corrected chi connectivity index (χ0v) is 11.0. The third kappa shape index (κ3) is 3.77. The molecule has 0 aromatic carbocycles. The van der Waals surface area contributed by atoms with E-state index in [4.69, 9.17) is 0 Å². The molecule has 0 aliphatic rings. The second-order valence-corrected chi connectivity index (χ2v) is 4.06. The van der Waals surface area contributed by atoms with Crippen molar-refractivity contribution in [2.45, 2.75) is 13.8 Å². The lowest BCUT2D eigenvalue weighted by Crippen LogP contribution is -2.35. The highest BCUT2D eigenvalue weighted by Crippen LogP contribution is 2.06. The Kier molecular flexibility index (Phi) is 5.18. The second-order valence-electron chi connectivity index (χ2n) is 3.14. The molecule has 1 N–H and O–H groups in total. The Morgan fingerprint density at radius 2 is 1.94 bits per heavy atom. The van der Waals surface area contributed by atoms with Gasteiger partial charge in [0.1, 0.15) is 0 Å². The van der Waals surface area contributed by atoms with E-state index in [0.717, 1.165) is 17.6 Å². The SMILES string of the molecule is CCN(CC)C(=O)CNc1ncc(Br)cn1. The Hall–Kier alpha value is -1.17. The zero-order valence-electron chi connectivity index (χ0n) is 9.40. The van der Waals surface area contributed by atoms with E-state index in [-0.39, 0.29) is 12.5 Å². The highest BCUT2D eigenvalue weighted by molar-refractivity contribution is 9.10. The van der Waals surface area contributed by atoms with Crippen LogP contribution in [0.1, 0.15) is 13.8 Å². The monoisotopic (exact) mass is 286 g/mol. The van der Waals surface area contributed by atoms with Crippen LogP contribution in [0.4, 0.5) is 5.95 Å². The van der Waals surface area contributed by atoms with Gasteiger partial charge in [-0.2, -0.15) is 0 Å². The Bertz CT molecular complexity index is 337. The third-order valence-corrected chi connectivity index (χ3v) is 2.54. The minimum absolute atomic E-state index is 0.0523. The molecule has 1 rings (SSSR count). The van der Waals surface area contributed by atoms with E-state index >= 15 is 0 Å². The van der Waals surface area contributed by atoms with Gasteiger partial charge in [-0.05, 0) is 29.8 Å². The Morgan fingerprint density at radius 1 is 1.38 bits per heavy atom. The second kappa shape index (κ2) is 6.42. The molecule has 1 heterocycles. The van der Waals surface area contributed by atoms with Crippen LogP contribution < -0.4 is 5.32 Å². The van der Waals surface area contributed by atoms with Gasteiger partial charge in [0, 0.05) is 25.5 Å². The minimum atomic E-state index is 0.0523. The van der Waals surface area contributed by atoms with Crippen LogP contribution >= 0.6 is 15.9 Å². The molecule has 1 aromatic rings. The number of hydrogen-bond donors (Lipinski definition) is 1. The predicted octanol–water partition coefficient (Wildman–Crippen LogP) is 1.52. The van der Waals surface area contributed by atoms with Crippen molar-refractivity contribution in [2.24, 2.45) is 0 Å². The van der Waals surface area contributed by atoms with E-state index in [1.807, 2.05) is 13.8 Å². The highest BCUT2D eigenvalue weighted by Gasteiger charge is 2.09. The number of hydrogen-bond acceptors (Lipinski definition) is 4. The topological polar surface area (TPSA) is 58.1 Å². The lowest BCUT2D eigenvalue weighted by molar-refractivity contribution is -0.128. The normalized spacial score (nSPS) is 9.94. The molecule has 16 heavy (non-hydrogen) atoms. The standard InChI is InChI=1S/C10H15BrN4O/c1-3-15(4-2)9(16)7-14-10-12-5-8(11)6-13-10/h5-6H,3-4,7H2,1-2H3,(H,12,13,14). The van der Waals surface area contributed by atoms with Crippen molar-refractivity contribution in [2.75, 3.05) is 25.0 Å². The van der Waals surface area contributed by atoms with Crippen LogP contribution in [0.5, 0.6) is 0 Å². The number of anilines is 1. The molecule has 0 saturated carbocycles. The first-order chi connectivity index (χ1) is 7.67. The van der Waals surface area contributed by atoms with E-state index in [1.165, 1.54) is 0 Å². The molecule has 0 atom stereocenters. The van der Waals surface area contributed by atoms with Gasteiger partial charge >= 0.3 is 0 Å². The number of halogens is 1. The van der Waals surface area contributed by atoms with E-state index in [9.17, 15) is 4.79 Å². The summed E-state index contributed by atoms with van der Waals surface area (Å²) in [5.41, 5.74) is 0. The molecule has 0 bridgehead atoms. The van der Waals surface area contributed by atoms with Crippen LogP contribution in [0.15, 0.2) is 16.9 Å². The largest absolute Gasteiger partial charge is 0.345 e. The van der Waals surface area contributed by atoms with E-state index in [0.29, 0.717) is 5.95 Å². The van der Waals surface area contributed by atoms with Gasteiger partial charge in [-0.15, -0.1) is 0 Å². The molecule has 0 saturated heterocycles. The van der Waals surface area contributed by atoms with Crippen LogP contribution in [0.3, 0.4) is 0 Å². The maximum Gasteiger partial charge on any atom is 0.241 e. The number of carbonyl (C=O) groups is 1. The number of rotatable bonds is 5. The van der Waals surface area contributed by atoms with Gasteiger partial charge in [0.05, 0.1) is 11.0 Å². The van der Waals surface area contributed by atoms with E-state index in [1.54, 1.807) is 17.3 Å². The molecule has 6 heteroatoms. The summed E-state index contributed by atoms with van der Waals surface area (Å²) in [4.78, 5) is 21.4. The molecule has 1 aromatic heterocycles. The highest BCUT2D eigenvalue weighted by atomic mass is 79.9. The number of nitrogens with one attached hydrogen (secondary N) is 1. The van der Waals surface area contributed by atoms with Crippen molar-refractivity contribution in [3.63, 3.8) is 0 Å². The fourth-order valence-corrected chi connectivity index (χ4v) is 1.45. The lowest BCUT2D eigenvalue weighted by atomic mass is 10.4. The van der Waals surface area contributed by atoms with Gasteiger partial charge in [0.15, 0.2) is 0 Å². The van der Waals surface area contributed by atoms with Gasteiger partial charge in [-0.25, -0.2) is 9.97 Å². The van der Waals surface area contributed by atoms with Crippen LogP contribution in [-0.4, -0.2) is 40.4 Å². The van der Waals surface area contributed by atoms with Gasteiger partial charge in [0.25, 0.3) is 0 Å². The summed E-state index contributed by atoms with van der Waals surface area (Å²) in [7, 11) is 0. The first kappa shape index (κ1) is 12.9. The van der Waals surface area contributed by atoms with Gasteiger partial charge in [-0.3, -0.25) is 4.79 Å². The van der Waals surface area contributed by atoms with Gasteiger partial charge in [-0.1, -0.05) is 0 Å². The lowest BCUT2D eigenvalue weighted by Gasteiger charge is -2.18. The maximum absolute atomic E-state index is 11.6. The average molecular weight is 287 g/mol. The van der Waals surface area contributed by atoms with Crippen molar-refractivity contribution >= 4 is 27.8 Å². The third-order valence-electron chi connectivity index (χ3n) is 2.13. The molecular formula is C10H15BrN4O. The number of amides is 1. The molecule has 0 radical (unpaired) electrons. The summed E-state index contributed by atoms with van der Waals surface area (Å²) in [5.74, 6) is 0.514. The van der Waals surface area contributed by atoms with Crippen molar-refractivity contribution in [1.29, 1.82) is 0 Å². The molecule has 0 fully saturated rings.